The summed E-state index contributed by atoms with van der Waals surface area (Å²) in [5, 5.41) is 2.68. The Morgan fingerprint density at radius 1 is 1.22 bits per heavy atom. The first kappa shape index (κ1) is 12.2. The van der Waals surface area contributed by atoms with Crippen LogP contribution in [0, 0.1) is 11.6 Å². The van der Waals surface area contributed by atoms with Gasteiger partial charge in [0.25, 0.3) is 0 Å². The smallest absolute Gasteiger partial charge is 0.146 e. The molecule has 0 fully saturated rings. The Kier molecular flexibility index (Phi) is 3.36. The first-order valence-corrected chi connectivity index (χ1v) is 5.44. The van der Waals surface area contributed by atoms with Gasteiger partial charge in [0.1, 0.15) is 29.1 Å². The van der Waals surface area contributed by atoms with Gasteiger partial charge in [0, 0.05) is 18.6 Å². The van der Waals surface area contributed by atoms with Crippen molar-refractivity contribution in [2.75, 3.05) is 11.1 Å². The Morgan fingerprint density at radius 3 is 2.72 bits per heavy atom. The van der Waals surface area contributed by atoms with Gasteiger partial charge in [-0.3, -0.25) is 0 Å². The molecule has 0 atom stereocenters. The van der Waals surface area contributed by atoms with Gasteiger partial charge in [-0.1, -0.05) is 6.92 Å². The summed E-state index contributed by atoms with van der Waals surface area (Å²) in [6.07, 6.45) is 0.603. The van der Waals surface area contributed by atoms with Crippen LogP contribution in [0.15, 0.2) is 24.3 Å². The summed E-state index contributed by atoms with van der Waals surface area (Å²) in [4.78, 5) is 8.12. The van der Waals surface area contributed by atoms with Crippen molar-refractivity contribution in [3.05, 3.63) is 41.7 Å². The number of benzene rings is 1. The highest BCUT2D eigenvalue weighted by Gasteiger charge is 2.06. The van der Waals surface area contributed by atoms with Crippen LogP contribution in [0.4, 0.5) is 26.1 Å². The Hall–Kier alpha value is -2.24. The molecule has 94 valence electrons. The summed E-state index contributed by atoms with van der Waals surface area (Å²) in [6, 6.07) is 4.61. The summed E-state index contributed by atoms with van der Waals surface area (Å²) < 4.78 is 26.4. The number of anilines is 3. The van der Waals surface area contributed by atoms with Gasteiger partial charge in [0.15, 0.2) is 0 Å². The van der Waals surface area contributed by atoms with Crippen LogP contribution in [0.3, 0.4) is 0 Å². The van der Waals surface area contributed by atoms with Gasteiger partial charge in [0.2, 0.25) is 0 Å². The molecule has 0 spiro atoms. The molecule has 0 bridgehead atoms. The number of nitrogens with zero attached hydrogens (tertiary/aromatic N) is 2. The quantitative estimate of drug-likeness (QED) is 0.879. The van der Waals surface area contributed by atoms with Crippen molar-refractivity contribution in [3.63, 3.8) is 0 Å². The Balaban J connectivity index is 2.33. The number of halogens is 2. The van der Waals surface area contributed by atoms with E-state index in [2.05, 4.69) is 15.3 Å². The minimum Gasteiger partial charge on any atom is -0.384 e. The maximum absolute atomic E-state index is 13.4. The SMILES string of the molecule is CCc1nc(N)cc(Nc2cc(F)ccc2F)n1. The fourth-order valence-corrected chi connectivity index (χ4v) is 1.47. The molecule has 0 unspecified atom stereocenters. The maximum atomic E-state index is 13.4. The molecule has 1 aromatic carbocycles. The number of rotatable bonds is 3. The van der Waals surface area contributed by atoms with E-state index in [1.807, 2.05) is 6.92 Å². The topological polar surface area (TPSA) is 63.8 Å². The van der Waals surface area contributed by atoms with E-state index >= 15 is 0 Å². The summed E-state index contributed by atoms with van der Waals surface area (Å²) >= 11 is 0. The van der Waals surface area contributed by atoms with E-state index in [1.165, 1.54) is 6.07 Å². The Labute approximate surface area is 103 Å². The number of aromatic nitrogens is 2. The van der Waals surface area contributed by atoms with Gasteiger partial charge in [0.05, 0.1) is 5.69 Å². The molecule has 2 rings (SSSR count). The first-order valence-electron chi connectivity index (χ1n) is 5.44. The fraction of sp³-hybridized carbons (Fsp3) is 0.167. The maximum Gasteiger partial charge on any atom is 0.146 e. The van der Waals surface area contributed by atoms with E-state index < -0.39 is 11.6 Å². The lowest BCUT2D eigenvalue weighted by Gasteiger charge is -2.08. The number of hydrogen-bond acceptors (Lipinski definition) is 4. The number of nitrogen functional groups attached to an aromatic ring is 1. The molecule has 2 aromatic rings. The second kappa shape index (κ2) is 4.95. The van der Waals surface area contributed by atoms with E-state index in [9.17, 15) is 8.78 Å². The average Bonchev–Trinajstić information content (AvgIpc) is 2.33. The van der Waals surface area contributed by atoms with E-state index in [-0.39, 0.29) is 11.5 Å². The minimum absolute atomic E-state index is 0.00940. The molecule has 1 aromatic heterocycles. The molecule has 0 saturated carbocycles. The second-order valence-electron chi connectivity index (χ2n) is 3.70. The van der Waals surface area contributed by atoms with Gasteiger partial charge in [-0.05, 0) is 12.1 Å². The van der Waals surface area contributed by atoms with Gasteiger partial charge >= 0.3 is 0 Å². The predicted octanol–water partition coefficient (Wildman–Crippen LogP) is 2.64. The van der Waals surface area contributed by atoms with Crippen LogP contribution in [0.2, 0.25) is 0 Å². The molecule has 0 amide bonds. The van der Waals surface area contributed by atoms with Crippen LogP contribution in [0.5, 0.6) is 0 Å². The van der Waals surface area contributed by atoms with Crippen molar-refractivity contribution >= 4 is 17.3 Å². The third-order valence-corrected chi connectivity index (χ3v) is 2.30. The van der Waals surface area contributed by atoms with Crippen molar-refractivity contribution in [1.82, 2.24) is 9.97 Å². The minimum atomic E-state index is -0.563. The third-order valence-electron chi connectivity index (χ3n) is 2.30. The van der Waals surface area contributed by atoms with E-state index in [1.54, 1.807) is 0 Å². The summed E-state index contributed by atoms with van der Waals surface area (Å²) in [6.45, 7) is 1.88. The van der Waals surface area contributed by atoms with Gasteiger partial charge in [-0.15, -0.1) is 0 Å². The van der Waals surface area contributed by atoms with Crippen LogP contribution in [-0.4, -0.2) is 9.97 Å². The molecule has 0 aliphatic carbocycles. The van der Waals surface area contributed by atoms with E-state index in [0.29, 0.717) is 18.1 Å². The lowest BCUT2D eigenvalue weighted by atomic mass is 10.3. The molecular formula is C12H12F2N4. The van der Waals surface area contributed by atoms with Crippen molar-refractivity contribution in [1.29, 1.82) is 0 Å². The third kappa shape index (κ3) is 2.71. The molecule has 6 heteroatoms. The van der Waals surface area contributed by atoms with Crippen LogP contribution >= 0.6 is 0 Å². The fourth-order valence-electron chi connectivity index (χ4n) is 1.47. The number of nitrogens with two attached hydrogens (primary N) is 1. The standard InChI is InChI=1S/C12H12F2N4/c1-2-11-17-10(15)6-12(18-11)16-9-5-7(13)3-4-8(9)14/h3-6H,2H2,1H3,(H3,15,16,17,18). The molecule has 18 heavy (non-hydrogen) atoms. The van der Waals surface area contributed by atoms with Crippen LogP contribution in [0.25, 0.3) is 0 Å². The lowest BCUT2D eigenvalue weighted by Crippen LogP contribution is -2.03. The second-order valence-corrected chi connectivity index (χ2v) is 3.70. The molecule has 4 nitrogen and oxygen atoms in total. The molecule has 0 radical (unpaired) electrons. The normalized spacial score (nSPS) is 10.4. The summed E-state index contributed by atoms with van der Waals surface area (Å²) in [5.41, 5.74) is 5.61. The van der Waals surface area contributed by atoms with Crippen LogP contribution in [0.1, 0.15) is 12.7 Å². The zero-order valence-corrected chi connectivity index (χ0v) is 9.74. The van der Waals surface area contributed by atoms with Crippen LogP contribution in [-0.2, 0) is 6.42 Å². The number of hydrogen-bond donors (Lipinski definition) is 2. The predicted molar refractivity (Wildman–Crippen MR) is 65.5 cm³/mol. The summed E-state index contributed by atoms with van der Waals surface area (Å²) in [7, 11) is 0. The van der Waals surface area contributed by atoms with Gasteiger partial charge in [-0.25, -0.2) is 18.7 Å². The Bertz CT molecular complexity index is 572. The highest BCUT2D eigenvalue weighted by atomic mass is 19.1. The van der Waals surface area contributed by atoms with Crippen LogP contribution < -0.4 is 11.1 Å². The zero-order valence-electron chi connectivity index (χ0n) is 9.74. The van der Waals surface area contributed by atoms with Crippen molar-refractivity contribution in [3.8, 4) is 0 Å². The molecule has 0 saturated heterocycles. The van der Waals surface area contributed by atoms with E-state index in [4.69, 9.17) is 5.73 Å². The number of nitrogens with one attached hydrogen (secondary N) is 1. The highest BCUT2D eigenvalue weighted by molar-refractivity contribution is 5.59. The van der Waals surface area contributed by atoms with Gasteiger partial charge in [-0.2, -0.15) is 0 Å². The van der Waals surface area contributed by atoms with E-state index in [0.717, 1.165) is 18.2 Å². The zero-order chi connectivity index (χ0) is 13.1. The molecule has 3 N–H and O–H groups in total. The molecule has 0 aliphatic rings. The van der Waals surface area contributed by atoms with Crippen molar-refractivity contribution in [2.24, 2.45) is 0 Å². The lowest BCUT2D eigenvalue weighted by molar-refractivity contribution is 0.603. The monoisotopic (exact) mass is 250 g/mol. The van der Waals surface area contributed by atoms with Crippen molar-refractivity contribution < 1.29 is 8.78 Å². The Morgan fingerprint density at radius 2 is 2.00 bits per heavy atom. The summed E-state index contributed by atoms with van der Waals surface area (Å²) in [5.74, 6) is 0.0580. The van der Waals surface area contributed by atoms with Gasteiger partial charge < -0.3 is 11.1 Å². The molecular weight excluding hydrogens is 238 g/mol. The largest absolute Gasteiger partial charge is 0.384 e. The highest BCUT2D eigenvalue weighted by Crippen LogP contribution is 2.20. The molecule has 1 heterocycles. The first-order chi connectivity index (χ1) is 8.58. The average molecular weight is 250 g/mol. The molecule has 0 aliphatic heterocycles. The van der Waals surface area contributed by atoms with Crippen molar-refractivity contribution in [2.45, 2.75) is 13.3 Å². The number of aryl methyl sites for hydroxylation is 1.